The van der Waals surface area contributed by atoms with Crippen LogP contribution in [0.15, 0.2) is 115 Å². The first-order chi connectivity index (χ1) is 47.1. The van der Waals surface area contributed by atoms with Crippen molar-refractivity contribution < 1.29 is 83.1 Å². The highest BCUT2D eigenvalue weighted by Crippen LogP contribution is 2.21. The lowest BCUT2D eigenvalue weighted by molar-refractivity contribution is -0.368. The van der Waals surface area contributed by atoms with E-state index in [-0.39, 0.29) is 69.8 Å². The molecule has 4 aromatic carbocycles. The third-order valence-corrected chi connectivity index (χ3v) is 15.9. The normalized spacial score (nSPS) is 14.4. The summed E-state index contributed by atoms with van der Waals surface area (Å²) in [4.78, 5) is 193. The Balaban J connectivity index is 1.48. The van der Waals surface area contributed by atoms with E-state index in [0.29, 0.717) is 46.1 Å². The van der Waals surface area contributed by atoms with Crippen molar-refractivity contribution in [3.63, 3.8) is 0 Å². The van der Waals surface area contributed by atoms with E-state index in [1.165, 1.54) is 31.2 Å². The molecule has 0 unspecified atom stereocenters. The summed E-state index contributed by atoms with van der Waals surface area (Å²) in [6.45, 7) is 1.61. The number of nitrogens with one attached hydrogen (secondary N) is 10. The zero-order valence-electron chi connectivity index (χ0n) is 54.7. The number of carbonyl (C=O) groups excluding carboxylic acids is 14. The zero-order chi connectivity index (χ0) is 72.7. The van der Waals surface area contributed by atoms with Crippen LogP contribution in [0, 0.1) is 0 Å². The second kappa shape index (κ2) is 39.8. The van der Waals surface area contributed by atoms with Gasteiger partial charge < -0.3 is 102 Å². The van der Waals surface area contributed by atoms with Gasteiger partial charge in [0.15, 0.2) is 0 Å². The number of nitrogens with two attached hydrogens (primary N) is 5. The molecule has 0 fully saturated rings. The van der Waals surface area contributed by atoms with Crippen LogP contribution in [0.2, 0.25) is 0 Å². The van der Waals surface area contributed by atoms with E-state index in [4.69, 9.17) is 28.7 Å². The number of aromatic amines is 1. The molecule has 32 heteroatoms. The van der Waals surface area contributed by atoms with Crippen LogP contribution >= 0.6 is 0 Å². The number of carbonyl (C=O) groups is 14. The number of amides is 13. The molecular weight excluding hydrogens is 1280 g/mol. The predicted molar refractivity (Wildman–Crippen MR) is 358 cm³/mol. The minimum Gasteiger partial charge on any atom is -0.508 e. The van der Waals surface area contributed by atoms with Crippen LogP contribution < -0.4 is 82.3 Å². The molecule has 1 aromatic heterocycles. The van der Waals surface area contributed by atoms with E-state index in [9.17, 15) is 67.7 Å². The Kier molecular flexibility index (Phi) is 31.6. The molecule has 0 spiro atoms. The Morgan fingerprint density at radius 3 is 1.26 bits per heavy atom. The topological polar surface area (TPSA) is 561 Å². The minimum atomic E-state index is -1.84. The zero-order valence-corrected chi connectivity index (χ0v) is 54.7. The molecule has 0 saturated heterocycles. The van der Waals surface area contributed by atoms with Gasteiger partial charge >= 0.3 is 0 Å². The molecule has 0 radical (unpaired) electrons. The van der Waals surface area contributed by atoms with Crippen molar-refractivity contribution in [2.24, 2.45) is 28.7 Å². The number of para-hydroxylation sites is 1. The maximum atomic E-state index is 15.1. The van der Waals surface area contributed by atoms with Gasteiger partial charge in [0.05, 0.1) is 25.1 Å². The number of phenols is 1. The number of aliphatic hydroxyl groups excluding tert-OH is 1. The fourth-order valence-electron chi connectivity index (χ4n) is 10.4. The fraction of sp³-hybridized carbons (Fsp3) is 0.403. The molecule has 25 N–H and O–H groups in total. The van der Waals surface area contributed by atoms with Crippen molar-refractivity contribution in [3.8, 4) is 5.75 Å². The molecule has 0 saturated carbocycles. The van der Waals surface area contributed by atoms with E-state index in [2.05, 4.69) is 58.6 Å². The molecule has 1 heterocycles. The van der Waals surface area contributed by atoms with Crippen LogP contribution in [0.3, 0.4) is 0 Å². The summed E-state index contributed by atoms with van der Waals surface area (Å²) >= 11 is 0. The summed E-state index contributed by atoms with van der Waals surface area (Å²) in [6.07, 6.45) is -2.99. The minimum absolute atomic E-state index is 0.106. The highest BCUT2D eigenvalue weighted by molar-refractivity contribution is 6.00. The van der Waals surface area contributed by atoms with Gasteiger partial charge in [0, 0.05) is 62.0 Å². The predicted octanol–water partition coefficient (Wildman–Crippen LogP) is -4.50. The number of phenolic OH excluding ortho intramolecular Hbond substituents is 1. The first kappa shape index (κ1) is 78.6. The number of aromatic nitrogens is 1. The lowest BCUT2D eigenvalue weighted by Crippen LogP contribution is -2.61. The van der Waals surface area contributed by atoms with Gasteiger partial charge in [-0.3, -0.25) is 62.3 Å². The van der Waals surface area contributed by atoms with Gasteiger partial charge in [-0.15, -0.1) is 0 Å². The standard InChI is InChI=1S/C67H88N16O16/c1-37(85)54(36-84)83-62(94)48(25-28-57(72)89)77-64(96)50(30-38-12-4-2-5-13-38)80-67(99)53(34-58(73)90)82-60(92)46(18-10-11-29-68)75-66(98)52(33-41-35-74-45-17-9-8-16-43(41)45)81-65(97)51(31-39-14-6-3-7-15-39)79-61(93)47(24-27-56(71)88)76-63(95)49(32-40-19-21-42(86)22-20-40)78-59(91)44(69)23-26-55(70)87/h2-9,12-17,19-22,35-37,44,46-54,74,85-86H,10-11,18,23-34,68-69H2,1H3,(H2,70,87)(H2,71,88)(H2,72,89)(H2,73,90)(H,75,98)(H,76,95)(H,77,96)(H,78,91)(H,79,93)(H,80,99)(H,81,97)(H,82,92)(H,83,94)/p+1/t37-,44+,46+,47+,48+,49+,50+,51+,52+,53+,54-/m1/s1. The molecule has 13 amide bonds. The molecule has 11 atom stereocenters. The molecule has 0 aliphatic heterocycles. The van der Waals surface area contributed by atoms with Crippen molar-refractivity contribution >= 4 is 94.0 Å². The number of primary amides is 4. The average molecular weight is 1370 g/mol. The molecular formula is C67H89N16O16+. The van der Waals surface area contributed by atoms with Gasteiger partial charge in [-0.2, -0.15) is 0 Å². The lowest BCUT2D eigenvalue weighted by Gasteiger charge is -2.28. The van der Waals surface area contributed by atoms with Gasteiger partial charge in [-0.05, 0) is 85.9 Å². The number of H-pyrrole nitrogens is 1. The Bertz CT molecular complexity index is 3610. The number of aromatic hydroxyl groups is 1. The average Bonchev–Trinajstić information content (AvgIpc) is 1.81. The van der Waals surface area contributed by atoms with E-state index in [0.717, 1.165) is 0 Å². The Morgan fingerprint density at radius 2 is 0.818 bits per heavy atom. The lowest BCUT2D eigenvalue weighted by atomic mass is 10.00. The summed E-state index contributed by atoms with van der Waals surface area (Å²) < 4.78 is 0. The number of fused-ring (bicyclic) bond motifs is 1. The van der Waals surface area contributed by atoms with Gasteiger partial charge in [0.2, 0.25) is 76.8 Å². The maximum absolute atomic E-state index is 15.1. The van der Waals surface area contributed by atoms with Crippen LogP contribution in [-0.2, 0) is 92.8 Å². The van der Waals surface area contributed by atoms with Crippen molar-refractivity contribution in [2.75, 3.05) is 6.54 Å². The number of rotatable bonds is 43. The summed E-state index contributed by atoms with van der Waals surface area (Å²) in [7, 11) is 0. The largest absolute Gasteiger partial charge is 0.508 e. The smallest absolute Gasteiger partial charge is 0.243 e. The van der Waals surface area contributed by atoms with Crippen LogP contribution in [-0.4, -0.2) is 171 Å². The van der Waals surface area contributed by atoms with Crippen LogP contribution in [0.5, 0.6) is 5.75 Å². The first-order valence-corrected chi connectivity index (χ1v) is 32.1. The van der Waals surface area contributed by atoms with E-state index in [1.54, 1.807) is 91.1 Å². The Labute approximate surface area is 569 Å². The highest BCUT2D eigenvalue weighted by Gasteiger charge is 2.37. The van der Waals surface area contributed by atoms with Crippen molar-refractivity contribution in [1.29, 1.82) is 0 Å². The Hall–Kier alpha value is -11.1. The molecule has 5 rings (SSSR count). The highest BCUT2D eigenvalue weighted by atomic mass is 16.3. The quantitative estimate of drug-likeness (QED) is 0.0129. The van der Waals surface area contributed by atoms with Crippen LogP contribution in [0.25, 0.3) is 10.9 Å². The molecule has 5 aromatic rings. The summed E-state index contributed by atoms with van der Waals surface area (Å²) in [5.41, 5.74) is 34.3. The van der Waals surface area contributed by atoms with Gasteiger partial charge in [-0.1, -0.05) is 91.0 Å². The van der Waals surface area contributed by atoms with Crippen LogP contribution in [0.1, 0.15) is 93.4 Å². The maximum Gasteiger partial charge on any atom is 0.243 e. The van der Waals surface area contributed by atoms with Crippen molar-refractivity contribution in [3.05, 3.63) is 138 Å². The summed E-state index contributed by atoms with van der Waals surface area (Å²) in [5.74, 6) is -12.6. The third-order valence-electron chi connectivity index (χ3n) is 15.9. The first-order valence-electron chi connectivity index (χ1n) is 32.1. The number of benzene rings is 4. The summed E-state index contributed by atoms with van der Waals surface area (Å²) in [5, 5.41) is 43.6. The molecule has 0 aliphatic rings. The molecule has 0 bridgehead atoms. The number of aliphatic hydroxyl groups is 1. The molecule has 0 aliphatic carbocycles. The van der Waals surface area contributed by atoms with Gasteiger partial charge in [0.25, 0.3) is 0 Å². The third kappa shape index (κ3) is 26.8. The van der Waals surface area contributed by atoms with Crippen LogP contribution in [0.4, 0.5) is 0 Å². The Morgan fingerprint density at radius 1 is 0.444 bits per heavy atom. The van der Waals surface area contributed by atoms with Crippen molar-refractivity contribution in [1.82, 2.24) is 52.8 Å². The number of quaternary nitrogens is 1. The van der Waals surface area contributed by atoms with E-state index >= 15 is 9.59 Å². The number of unbranched alkanes of at least 4 members (excludes halogenated alkanes) is 1. The van der Waals surface area contributed by atoms with Crippen molar-refractivity contribution in [2.45, 2.75) is 163 Å². The van der Waals surface area contributed by atoms with E-state index < -0.39 is 169 Å². The molecule has 532 valence electrons. The second-order valence-corrected chi connectivity index (χ2v) is 23.9. The van der Waals surface area contributed by atoms with Gasteiger partial charge in [-0.25, -0.2) is 0 Å². The van der Waals surface area contributed by atoms with Gasteiger partial charge in [0.1, 0.15) is 66.4 Å². The SMILES string of the molecule is C[C@@H](O)[C@@H](C=O)NC(=O)[C@H](CCC(N)=O)NC(=O)[C@H](Cc1ccccc1)NC(=O)[C@H](CC(N)=O)NC(=O)[C@H](CCCC[NH3+])NC(=O)[C@H](Cc1c[nH]c2ccccc12)NC(=O)[C@H](Cc1ccccc1)NC(=O)[C@H](CCC(N)=O)NC(=O)[C@H](Cc1ccc(O)cc1)NC(=O)[C@@H](N)CCC(N)=O. The summed E-state index contributed by atoms with van der Waals surface area (Å²) in [6, 6.07) is 13.6. The number of hydrogen-bond acceptors (Lipinski definition) is 17. The van der Waals surface area contributed by atoms with E-state index in [1.807, 2.05) is 0 Å². The number of hydrogen-bond donors (Lipinski definition) is 18. The fourth-order valence-corrected chi connectivity index (χ4v) is 10.4. The molecule has 99 heavy (non-hydrogen) atoms. The monoisotopic (exact) mass is 1370 g/mol. The second-order valence-electron chi connectivity index (χ2n) is 23.9. The number of aldehydes is 1. The molecule has 32 nitrogen and oxygen atoms in total.